The largest absolute Gasteiger partial charge is 0.444 e. The quantitative estimate of drug-likeness (QED) is 0.770. The van der Waals surface area contributed by atoms with Gasteiger partial charge in [-0.3, -0.25) is 9.69 Å². The van der Waals surface area contributed by atoms with Gasteiger partial charge < -0.3 is 14.6 Å². The summed E-state index contributed by atoms with van der Waals surface area (Å²) < 4.78 is 5.29. The minimum Gasteiger partial charge on any atom is -0.444 e. The molecule has 6 heteroatoms. The first-order valence-electron chi connectivity index (χ1n) is 10.2. The number of hydrogen-bond donors (Lipinski definition) is 1. The van der Waals surface area contributed by atoms with Crippen LogP contribution in [0.25, 0.3) is 6.08 Å². The first kappa shape index (κ1) is 22.6. The van der Waals surface area contributed by atoms with Crippen LogP contribution in [-0.2, 0) is 16.0 Å². The highest BCUT2D eigenvalue weighted by atomic mass is 16.6. The Bertz CT molecular complexity index is 795. The molecule has 1 atom stereocenters. The molecule has 158 valence electrons. The second-order valence-electron chi connectivity index (χ2n) is 8.46. The Labute approximate surface area is 174 Å². The van der Waals surface area contributed by atoms with Crippen molar-refractivity contribution in [1.29, 1.82) is 0 Å². The maximum absolute atomic E-state index is 11.9. The lowest BCUT2D eigenvalue weighted by Crippen LogP contribution is -2.56. The molecule has 0 saturated carbocycles. The Hall–Kier alpha value is -2.68. The summed E-state index contributed by atoms with van der Waals surface area (Å²) in [5, 5.41) is 0. The van der Waals surface area contributed by atoms with E-state index in [1.807, 2.05) is 37.9 Å². The fraction of sp³-hybridized carbons (Fsp3) is 0.565. The van der Waals surface area contributed by atoms with Gasteiger partial charge in [-0.1, -0.05) is 12.8 Å². The van der Waals surface area contributed by atoms with Crippen LogP contribution in [0.15, 0.2) is 12.3 Å². The first-order valence-corrected chi connectivity index (χ1v) is 10.2. The summed E-state index contributed by atoms with van der Waals surface area (Å²) in [6.45, 7) is 11.3. The van der Waals surface area contributed by atoms with Gasteiger partial charge >= 0.3 is 6.09 Å². The van der Waals surface area contributed by atoms with Gasteiger partial charge in [0.1, 0.15) is 12.1 Å². The average Bonchev–Trinajstić information content (AvgIpc) is 3.25. The number of fused-ring (bicyclic) bond motifs is 1. The maximum Gasteiger partial charge on any atom is 0.410 e. The van der Waals surface area contributed by atoms with Gasteiger partial charge in [-0.05, 0) is 70.2 Å². The molecule has 0 aromatic carbocycles. The molecule has 0 bridgehead atoms. The molecule has 2 aliphatic rings. The monoisotopic (exact) mass is 399 g/mol. The zero-order valence-corrected chi connectivity index (χ0v) is 18.2. The Balaban J connectivity index is 0.000000221. The van der Waals surface area contributed by atoms with Crippen molar-refractivity contribution in [1.82, 2.24) is 14.8 Å². The number of carbonyl (C=O) groups excluding carboxylic acids is 2. The number of allylic oxidation sites excluding steroid dienone is 1. The summed E-state index contributed by atoms with van der Waals surface area (Å²) in [4.78, 5) is 30.3. The molecule has 1 aromatic heterocycles. The lowest BCUT2D eigenvalue weighted by atomic mass is 10.1. The van der Waals surface area contributed by atoms with E-state index in [0.717, 1.165) is 25.8 Å². The maximum atomic E-state index is 11.9. The van der Waals surface area contributed by atoms with Crippen molar-refractivity contribution in [3.8, 4) is 12.3 Å². The summed E-state index contributed by atoms with van der Waals surface area (Å²) >= 11 is 0. The number of aryl methyl sites for hydroxylation is 2. The molecule has 1 aromatic rings. The van der Waals surface area contributed by atoms with Crippen molar-refractivity contribution in [2.24, 2.45) is 0 Å². The van der Waals surface area contributed by atoms with Gasteiger partial charge in [0, 0.05) is 31.0 Å². The smallest absolute Gasteiger partial charge is 0.410 e. The number of aromatic amines is 1. The molecular formula is C23H33N3O3. The van der Waals surface area contributed by atoms with E-state index >= 15 is 0 Å². The standard InChI is InChI=1S/C12H20N2O3.C11H13N/c1-12(2,3)17-11(16)13-7-9-5-4-6-14(9)10(15)8-13;1-4-6-7-10-9(3)8-12-11(10)5-2/h9H,4-8H2,1-3H3;1,6-8,12H,5H2,2-3H3/b;7-6-/t9-;/m0./s1. The summed E-state index contributed by atoms with van der Waals surface area (Å²) in [5.41, 5.74) is 3.22. The number of H-pyrrole nitrogens is 1. The van der Waals surface area contributed by atoms with Gasteiger partial charge in [-0.2, -0.15) is 0 Å². The number of piperazine rings is 1. The molecule has 29 heavy (non-hydrogen) atoms. The summed E-state index contributed by atoms with van der Waals surface area (Å²) in [7, 11) is 0. The number of ether oxygens (including phenoxy) is 1. The Morgan fingerprint density at radius 3 is 2.79 bits per heavy atom. The van der Waals surface area contributed by atoms with Crippen LogP contribution >= 0.6 is 0 Å². The van der Waals surface area contributed by atoms with Crippen LogP contribution in [0.5, 0.6) is 0 Å². The zero-order chi connectivity index (χ0) is 21.6. The molecule has 6 nitrogen and oxygen atoms in total. The molecule has 0 spiro atoms. The van der Waals surface area contributed by atoms with Crippen LogP contribution in [-0.4, -0.2) is 58.1 Å². The number of amides is 2. The van der Waals surface area contributed by atoms with Gasteiger partial charge in [0.15, 0.2) is 0 Å². The predicted octanol–water partition coefficient (Wildman–Crippen LogP) is 3.76. The molecule has 2 fully saturated rings. The third kappa shape index (κ3) is 6.15. The second kappa shape index (κ2) is 9.69. The van der Waals surface area contributed by atoms with E-state index in [1.165, 1.54) is 21.7 Å². The summed E-state index contributed by atoms with van der Waals surface area (Å²) in [6, 6.07) is 0.198. The third-order valence-electron chi connectivity index (χ3n) is 5.02. The average molecular weight is 400 g/mol. The topological polar surface area (TPSA) is 65.6 Å². The first-order chi connectivity index (χ1) is 13.7. The number of hydrogen-bond acceptors (Lipinski definition) is 3. The number of carbonyl (C=O) groups is 2. The molecule has 0 unspecified atom stereocenters. The number of rotatable bonds is 2. The van der Waals surface area contributed by atoms with Crippen molar-refractivity contribution in [2.75, 3.05) is 19.6 Å². The van der Waals surface area contributed by atoms with Gasteiger partial charge in [0.2, 0.25) is 5.91 Å². The van der Waals surface area contributed by atoms with Crippen LogP contribution in [0.2, 0.25) is 0 Å². The highest BCUT2D eigenvalue weighted by molar-refractivity contribution is 5.84. The number of aromatic nitrogens is 1. The molecule has 3 rings (SSSR count). The second-order valence-corrected chi connectivity index (χ2v) is 8.46. The van der Waals surface area contributed by atoms with Crippen molar-refractivity contribution in [2.45, 2.75) is 65.5 Å². The predicted molar refractivity (Wildman–Crippen MR) is 115 cm³/mol. The molecular weight excluding hydrogens is 366 g/mol. The minimum absolute atomic E-state index is 0.0459. The van der Waals surface area contributed by atoms with E-state index in [0.29, 0.717) is 6.54 Å². The van der Waals surface area contributed by atoms with Crippen molar-refractivity contribution < 1.29 is 14.3 Å². The fourth-order valence-electron chi connectivity index (χ4n) is 3.64. The molecule has 0 aliphatic carbocycles. The molecule has 2 amide bonds. The Morgan fingerprint density at radius 2 is 2.17 bits per heavy atom. The lowest BCUT2D eigenvalue weighted by Gasteiger charge is -2.37. The van der Waals surface area contributed by atoms with Crippen LogP contribution in [0.3, 0.4) is 0 Å². The van der Waals surface area contributed by atoms with E-state index in [4.69, 9.17) is 11.2 Å². The van der Waals surface area contributed by atoms with Crippen LogP contribution in [0.4, 0.5) is 4.79 Å². The fourth-order valence-corrected chi connectivity index (χ4v) is 3.64. The van der Waals surface area contributed by atoms with E-state index in [-0.39, 0.29) is 24.6 Å². The molecule has 2 aliphatic heterocycles. The molecule has 2 saturated heterocycles. The Morgan fingerprint density at radius 1 is 1.45 bits per heavy atom. The van der Waals surface area contributed by atoms with E-state index in [1.54, 1.807) is 6.08 Å². The zero-order valence-electron chi connectivity index (χ0n) is 18.2. The van der Waals surface area contributed by atoms with E-state index in [9.17, 15) is 9.59 Å². The molecule has 0 radical (unpaired) electrons. The SMILES string of the molecule is C#C/C=C\c1c(C)c[nH]c1CC.CC(C)(C)OC(=O)N1CC(=O)N2CCC[C@H]2C1. The summed E-state index contributed by atoms with van der Waals surface area (Å²) in [6.07, 6.45) is 13.5. The van der Waals surface area contributed by atoms with Crippen LogP contribution in [0.1, 0.15) is 57.4 Å². The van der Waals surface area contributed by atoms with E-state index in [2.05, 4.69) is 24.8 Å². The number of terminal acetylenes is 1. The van der Waals surface area contributed by atoms with Gasteiger partial charge in [0.05, 0.1) is 0 Å². The van der Waals surface area contributed by atoms with E-state index < -0.39 is 5.60 Å². The van der Waals surface area contributed by atoms with Crippen molar-refractivity contribution in [3.05, 3.63) is 29.1 Å². The number of nitrogens with zero attached hydrogens (tertiary/aromatic N) is 2. The van der Waals surface area contributed by atoms with Crippen molar-refractivity contribution in [3.63, 3.8) is 0 Å². The van der Waals surface area contributed by atoms with Gasteiger partial charge in [-0.25, -0.2) is 4.79 Å². The number of nitrogens with one attached hydrogen (secondary N) is 1. The minimum atomic E-state index is -0.507. The Kier molecular flexibility index (Phi) is 7.55. The normalized spacial score (nSPS) is 18.9. The highest BCUT2D eigenvalue weighted by Crippen LogP contribution is 2.23. The summed E-state index contributed by atoms with van der Waals surface area (Å²) in [5.74, 6) is 2.54. The third-order valence-corrected chi connectivity index (χ3v) is 5.02. The van der Waals surface area contributed by atoms with Crippen LogP contribution < -0.4 is 0 Å². The highest BCUT2D eigenvalue weighted by Gasteiger charge is 2.38. The van der Waals surface area contributed by atoms with Gasteiger partial charge in [-0.15, -0.1) is 6.42 Å². The van der Waals surface area contributed by atoms with Crippen LogP contribution in [0, 0.1) is 19.3 Å². The lowest BCUT2D eigenvalue weighted by molar-refractivity contribution is -0.137. The van der Waals surface area contributed by atoms with Gasteiger partial charge in [0.25, 0.3) is 0 Å². The van der Waals surface area contributed by atoms with Crippen molar-refractivity contribution >= 4 is 18.1 Å². The molecule has 3 heterocycles. The molecule has 1 N–H and O–H groups in total.